The average Bonchev–Trinajstić information content (AvgIpc) is 2.83. The Balaban J connectivity index is 2.32. The molecule has 1 fully saturated rings. The van der Waals surface area contributed by atoms with Gasteiger partial charge < -0.3 is 9.47 Å². The van der Waals surface area contributed by atoms with E-state index in [1.165, 1.54) is 0 Å². The van der Waals surface area contributed by atoms with Crippen LogP contribution in [0.5, 0.6) is 0 Å². The molecule has 1 unspecified atom stereocenters. The standard InChI is InChI=1S/C11H11BrFNO5S/c12-10-8(13)3-6(4-9(10)20(14,16)17)11(15)19-7-1-2-18-5-7/h3-4,7H,1-2,5H2,(H2,14,16,17). The van der Waals surface area contributed by atoms with Crippen LogP contribution in [0.15, 0.2) is 21.5 Å². The third-order valence-corrected chi connectivity index (χ3v) is 4.70. The molecule has 0 saturated carbocycles. The molecule has 0 radical (unpaired) electrons. The Morgan fingerprint density at radius 1 is 1.50 bits per heavy atom. The summed E-state index contributed by atoms with van der Waals surface area (Å²) < 4.78 is 46.1. The van der Waals surface area contributed by atoms with Crippen molar-refractivity contribution in [3.63, 3.8) is 0 Å². The van der Waals surface area contributed by atoms with Gasteiger partial charge in [0.2, 0.25) is 10.0 Å². The molecule has 0 bridgehead atoms. The van der Waals surface area contributed by atoms with Crippen molar-refractivity contribution < 1.29 is 27.1 Å². The lowest BCUT2D eigenvalue weighted by atomic mass is 10.2. The smallest absolute Gasteiger partial charge is 0.338 e. The highest BCUT2D eigenvalue weighted by molar-refractivity contribution is 9.10. The van der Waals surface area contributed by atoms with Crippen LogP contribution in [-0.2, 0) is 19.5 Å². The zero-order chi connectivity index (χ0) is 14.9. The van der Waals surface area contributed by atoms with E-state index in [4.69, 9.17) is 14.6 Å². The first kappa shape index (κ1) is 15.4. The SMILES string of the molecule is NS(=O)(=O)c1cc(C(=O)OC2CCOC2)cc(F)c1Br. The van der Waals surface area contributed by atoms with E-state index in [1.807, 2.05) is 0 Å². The maximum Gasteiger partial charge on any atom is 0.338 e. The Morgan fingerprint density at radius 2 is 2.20 bits per heavy atom. The van der Waals surface area contributed by atoms with Crippen molar-refractivity contribution in [2.24, 2.45) is 5.14 Å². The van der Waals surface area contributed by atoms with Crippen LogP contribution in [0.1, 0.15) is 16.8 Å². The fourth-order valence-electron chi connectivity index (χ4n) is 1.71. The predicted octanol–water partition coefficient (Wildman–Crippen LogP) is 1.18. The van der Waals surface area contributed by atoms with Crippen LogP contribution >= 0.6 is 15.9 Å². The molecule has 0 amide bonds. The Bertz CT molecular complexity index is 642. The molecule has 1 aliphatic heterocycles. The molecule has 2 N–H and O–H groups in total. The number of hydrogen-bond donors (Lipinski definition) is 1. The minimum absolute atomic E-state index is 0.221. The molecule has 1 aliphatic rings. The van der Waals surface area contributed by atoms with Crippen LogP contribution in [0.3, 0.4) is 0 Å². The van der Waals surface area contributed by atoms with E-state index in [-0.39, 0.29) is 16.6 Å². The summed E-state index contributed by atoms with van der Waals surface area (Å²) in [7, 11) is -4.16. The number of ether oxygens (including phenoxy) is 2. The van der Waals surface area contributed by atoms with E-state index < -0.39 is 32.8 Å². The first-order valence-corrected chi connectivity index (χ1v) is 7.93. The van der Waals surface area contributed by atoms with Gasteiger partial charge >= 0.3 is 5.97 Å². The molecular weight excluding hydrogens is 357 g/mol. The zero-order valence-electron chi connectivity index (χ0n) is 10.1. The second kappa shape index (κ2) is 5.76. The van der Waals surface area contributed by atoms with E-state index >= 15 is 0 Å². The van der Waals surface area contributed by atoms with Crippen molar-refractivity contribution in [2.45, 2.75) is 17.4 Å². The average molecular weight is 368 g/mol. The summed E-state index contributed by atoms with van der Waals surface area (Å²) in [6.07, 6.45) is 0.138. The molecule has 0 aliphatic carbocycles. The highest BCUT2D eigenvalue weighted by atomic mass is 79.9. The normalized spacial score (nSPS) is 19.1. The molecule has 1 atom stereocenters. The van der Waals surface area contributed by atoms with E-state index in [0.29, 0.717) is 13.0 Å². The van der Waals surface area contributed by atoms with Gasteiger partial charge in [-0.05, 0) is 28.1 Å². The first-order valence-electron chi connectivity index (χ1n) is 5.59. The van der Waals surface area contributed by atoms with Crippen molar-refractivity contribution in [3.8, 4) is 0 Å². The van der Waals surface area contributed by atoms with Gasteiger partial charge in [-0.15, -0.1) is 0 Å². The molecule has 20 heavy (non-hydrogen) atoms. The predicted molar refractivity (Wildman–Crippen MR) is 70.1 cm³/mol. The summed E-state index contributed by atoms with van der Waals surface area (Å²) in [5.41, 5.74) is -0.221. The monoisotopic (exact) mass is 367 g/mol. The highest BCUT2D eigenvalue weighted by Crippen LogP contribution is 2.26. The van der Waals surface area contributed by atoms with Gasteiger partial charge in [-0.2, -0.15) is 0 Å². The molecule has 110 valence electrons. The molecule has 2 rings (SSSR count). The lowest BCUT2D eigenvalue weighted by molar-refractivity contribution is 0.0270. The number of hydrogen-bond acceptors (Lipinski definition) is 5. The number of halogens is 2. The van der Waals surface area contributed by atoms with Crippen LogP contribution in [-0.4, -0.2) is 33.7 Å². The maximum atomic E-state index is 13.6. The van der Waals surface area contributed by atoms with E-state index in [0.717, 1.165) is 12.1 Å². The minimum atomic E-state index is -4.16. The molecule has 1 aromatic rings. The number of carbonyl (C=O) groups excluding carboxylic acids is 1. The van der Waals surface area contributed by atoms with Gasteiger partial charge in [0, 0.05) is 6.42 Å². The molecule has 9 heteroatoms. The summed E-state index contributed by atoms with van der Waals surface area (Å²) in [6.45, 7) is 0.752. The van der Waals surface area contributed by atoms with Crippen molar-refractivity contribution >= 4 is 31.9 Å². The Kier molecular flexibility index (Phi) is 4.43. The number of esters is 1. The van der Waals surface area contributed by atoms with Crippen LogP contribution in [0.2, 0.25) is 0 Å². The van der Waals surface area contributed by atoms with E-state index in [2.05, 4.69) is 15.9 Å². The third kappa shape index (κ3) is 3.35. The van der Waals surface area contributed by atoms with Crippen LogP contribution in [0.4, 0.5) is 4.39 Å². The minimum Gasteiger partial charge on any atom is -0.456 e. The van der Waals surface area contributed by atoms with Crippen LogP contribution in [0.25, 0.3) is 0 Å². The second-order valence-electron chi connectivity index (χ2n) is 4.21. The zero-order valence-corrected chi connectivity index (χ0v) is 12.5. The molecule has 1 aromatic carbocycles. The summed E-state index contributed by atoms with van der Waals surface area (Å²) >= 11 is 2.78. The molecule has 1 heterocycles. The molecule has 0 aromatic heterocycles. The topological polar surface area (TPSA) is 95.7 Å². The van der Waals surface area contributed by atoms with Gasteiger partial charge in [0.15, 0.2) is 0 Å². The first-order chi connectivity index (χ1) is 9.29. The van der Waals surface area contributed by atoms with E-state index in [1.54, 1.807) is 0 Å². The largest absolute Gasteiger partial charge is 0.456 e. The quantitative estimate of drug-likeness (QED) is 0.809. The van der Waals surface area contributed by atoms with Crippen LogP contribution in [0, 0.1) is 5.82 Å². The summed E-state index contributed by atoms with van der Waals surface area (Å²) in [5.74, 6) is -1.73. The summed E-state index contributed by atoms with van der Waals surface area (Å²) in [5, 5.41) is 4.96. The van der Waals surface area contributed by atoms with Gasteiger partial charge in [-0.1, -0.05) is 0 Å². The van der Waals surface area contributed by atoms with Gasteiger partial charge in [0.25, 0.3) is 0 Å². The number of nitrogens with two attached hydrogens (primary N) is 1. The van der Waals surface area contributed by atoms with Crippen molar-refractivity contribution in [2.75, 3.05) is 13.2 Å². The van der Waals surface area contributed by atoms with Crippen molar-refractivity contribution in [1.82, 2.24) is 0 Å². The summed E-state index contributed by atoms with van der Waals surface area (Å²) in [4.78, 5) is 11.3. The number of carbonyl (C=O) groups is 1. The fraction of sp³-hybridized carbons (Fsp3) is 0.364. The number of primary sulfonamides is 1. The molecule has 6 nitrogen and oxygen atoms in total. The number of rotatable bonds is 3. The van der Waals surface area contributed by atoms with Gasteiger partial charge in [-0.3, -0.25) is 0 Å². The van der Waals surface area contributed by atoms with Crippen LogP contribution < -0.4 is 5.14 Å². The maximum absolute atomic E-state index is 13.6. The lowest BCUT2D eigenvalue weighted by Gasteiger charge is -2.11. The number of sulfonamides is 1. The number of benzene rings is 1. The van der Waals surface area contributed by atoms with Gasteiger partial charge in [0.1, 0.15) is 11.9 Å². The second-order valence-corrected chi connectivity index (χ2v) is 6.53. The summed E-state index contributed by atoms with van der Waals surface area (Å²) in [6, 6.07) is 1.86. The molecular formula is C11H11BrFNO5S. The van der Waals surface area contributed by atoms with Gasteiger partial charge in [0.05, 0.1) is 28.1 Å². The lowest BCUT2D eigenvalue weighted by Crippen LogP contribution is -2.19. The van der Waals surface area contributed by atoms with Crippen molar-refractivity contribution in [1.29, 1.82) is 0 Å². The Labute approximate surface area is 123 Å². The third-order valence-electron chi connectivity index (χ3n) is 2.70. The Hall–Kier alpha value is -1.03. The van der Waals surface area contributed by atoms with Crippen molar-refractivity contribution in [3.05, 3.63) is 28.0 Å². The fourth-order valence-corrected chi connectivity index (χ4v) is 3.26. The molecule has 0 spiro atoms. The van der Waals surface area contributed by atoms with E-state index in [9.17, 15) is 17.6 Å². The van der Waals surface area contributed by atoms with Gasteiger partial charge in [-0.25, -0.2) is 22.7 Å². The highest BCUT2D eigenvalue weighted by Gasteiger charge is 2.24. The Morgan fingerprint density at radius 3 is 2.75 bits per heavy atom. The molecule has 1 saturated heterocycles.